The molecule has 7 atom stereocenters. The third-order valence-corrected chi connectivity index (χ3v) is 11.5. The molecule has 0 spiro atoms. The zero-order chi connectivity index (χ0) is 43.6. The van der Waals surface area contributed by atoms with Gasteiger partial charge in [0, 0.05) is 50.5 Å². The lowest BCUT2D eigenvalue weighted by Crippen LogP contribution is -2.29. The second kappa shape index (κ2) is 35.4. The highest BCUT2D eigenvalue weighted by Crippen LogP contribution is 2.43. The van der Waals surface area contributed by atoms with Crippen molar-refractivity contribution in [3.05, 3.63) is 36.5 Å². The Morgan fingerprint density at radius 2 is 1.34 bits per heavy atom. The van der Waals surface area contributed by atoms with Gasteiger partial charge < -0.3 is 35.4 Å². The largest absolute Gasteiger partial charge is 0.472 e. The molecule has 1 aliphatic carbocycles. The van der Waals surface area contributed by atoms with Crippen LogP contribution in [0.25, 0.3) is 0 Å². The summed E-state index contributed by atoms with van der Waals surface area (Å²) in [5.41, 5.74) is 5.34. The molecule has 342 valence electrons. The Morgan fingerprint density at radius 1 is 0.746 bits per heavy atom. The standard InChI is InChI=1S/C45H80NO12P/c1-3-5-7-8-9-10-11-12-13-14-15-16-17-18-19-20-22-28-45(52)58-39(36-57-59(53,54)56-32-31-46)35-55-44(51)27-24-23-26-38(48)33-41-40(42(49)34-43(41)50)30-29-37(47)25-21-6-4-2/h9-10,12-13,29-30,37,39-43,47,49-50H,3-8,11,14-28,31-36,46H2,1-2H3,(H,53,54)/b10-9-,13-12-,30-29+/t37-,39+,40+,41+,42+,43-/m0/s1. The van der Waals surface area contributed by atoms with Crippen LogP contribution in [0, 0.1) is 11.8 Å². The van der Waals surface area contributed by atoms with Gasteiger partial charge in [-0.15, -0.1) is 0 Å². The molecule has 1 aliphatic rings. The number of ketones is 1. The Bertz CT molecular complexity index is 1240. The van der Waals surface area contributed by atoms with Gasteiger partial charge >= 0.3 is 19.8 Å². The lowest BCUT2D eigenvalue weighted by molar-refractivity contribution is -0.161. The number of ether oxygens (including phenoxy) is 2. The van der Waals surface area contributed by atoms with Crippen LogP contribution in [0.2, 0.25) is 0 Å². The number of aliphatic hydroxyl groups excluding tert-OH is 3. The molecule has 14 heteroatoms. The van der Waals surface area contributed by atoms with Crippen LogP contribution in [-0.2, 0) is 37.5 Å². The topological polar surface area (TPSA) is 212 Å². The number of phosphoric acid groups is 1. The molecule has 1 fully saturated rings. The van der Waals surface area contributed by atoms with Crippen LogP contribution in [0.3, 0.4) is 0 Å². The number of aliphatic hydroxyl groups is 3. The van der Waals surface area contributed by atoms with Gasteiger partial charge in [0.05, 0.1) is 31.5 Å². The zero-order valence-electron chi connectivity index (χ0n) is 36.3. The van der Waals surface area contributed by atoms with Crippen molar-refractivity contribution in [3.63, 3.8) is 0 Å². The van der Waals surface area contributed by atoms with Crippen molar-refractivity contribution < 1.29 is 57.7 Å². The van der Waals surface area contributed by atoms with Gasteiger partial charge in [0.2, 0.25) is 0 Å². The van der Waals surface area contributed by atoms with E-state index in [0.717, 1.165) is 57.8 Å². The van der Waals surface area contributed by atoms with E-state index in [0.29, 0.717) is 25.7 Å². The molecule has 13 nitrogen and oxygen atoms in total. The number of carbonyl (C=O) groups is 3. The average molecular weight is 858 g/mol. The van der Waals surface area contributed by atoms with E-state index in [1.807, 2.05) is 0 Å². The first kappa shape index (κ1) is 54.8. The molecule has 0 amide bonds. The number of allylic oxidation sites excluding steroid dienone is 4. The van der Waals surface area contributed by atoms with Gasteiger partial charge in [-0.25, -0.2) is 4.57 Å². The van der Waals surface area contributed by atoms with Crippen LogP contribution in [0.1, 0.15) is 168 Å². The molecule has 0 aliphatic heterocycles. The van der Waals surface area contributed by atoms with E-state index < -0.39 is 69.2 Å². The van der Waals surface area contributed by atoms with E-state index in [1.165, 1.54) is 38.5 Å². The molecule has 0 aromatic rings. The van der Waals surface area contributed by atoms with Gasteiger partial charge in [-0.3, -0.25) is 23.4 Å². The van der Waals surface area contributed by atoms with Crippen LogP contribution in [0.15, 0.2) is 36.5 Å². The number of unbranched alkanes of at least 4 members (excludes halogenated alkanes) is 13. The Labute approximate surface area is 355 Å². The molecule has 6 N–H and O–H groups in total. The number of nitrogens with two attached hydrogens (primary N) is 1. The van der Waals surface area contributed by atoms with E-state index in [2.05, 4.69) is 38.2 Å². The highest BCUT2D eigenvalue weighted by molar-refractivity contribution is 7.47. The van der Waals surface area contributed by atoms with Gasteiger partial charge in [0.25, 0.3) is 0 Å². The minimum Gasteiger partial charge on any atom is -0.462 e. The van der Waals surface area contributed by atoms with E-state index in [9.17, 15) is 39.2 Å². The normalized spacial score (nSPS) is 20.4. The average Bonchev–Trinajstić information content (AvgIpc) is 3.47. The van der Waals surface area contributed by atoms with Crippen LogP contribution >= 0.6 is 7.82 Å². The lowest BCUT2D eigenvalue weighted by Gasteiger charge is -2.20. The summed E-state index contributed by atoms with van der Waals surface area (Å²) in [4.78, 5) is 47.9. The number of hydrogen-bond donors (Lipinski definition) is 5. The van der Waals surface area contributed by atoms with Crippen molar-refractivity contribution in [2.24, 2.45) is 17.6 Å². The second-order valence-electron chi connectivity index (χ2n) is 15.9. The first-order valence-corrected chi connectivity index (χ1v) is 24.1. The fraction of sp³-hybridized carbons (Fsp3) is 0.800. The molecule has 0 aromatic heterocycles. The molecular weight excluding hydrogens is 777 g/mol. The Morgan fingerprint density at radius 3 is 2.02 bits per heavy atom. The highest BCUT2D eigenvalue weighted by Gasteiger charge is 2.41. The third-order valence-electron chi connectivity index (χ3n) is 10.5. The second-order valence-corrected chi connectivity index (χ2v) is 17.3. The predicted molar refractivity (Wildman–Crippen MR) is 231 cm³/mol. The Hall–Kier alpha value is -2.22. The van der Waals surface area contributed by atoms with Crippen LogP contribution < -0.4 is 5.73 Å². The fourth-order valence-corrected chi connectivity index (χ4v) is 7.78. The number of rotatable bonds is 38. The number of carbonyl (C=O) groups excluding carboxylic acids is 3. The van der Waals surface area contributed by atoms with Crippen molar-refractivity contribution in [1.82, 2.24) is 0 Å². The highest BCUT2D eigenvalue weighted by atomic mass is 31.2. The van der Waals surface area contributed by atoms with Gasteiger partial charge in [-0.05, 0) is 57.8 Å². The summed E-state index contributed by atoms with van der Waals surface area (Å²) in [5, 5.41) is 31.3. The molecule has 1 saturated carbocycles. The van der Waals surface area contributed by atoms with Crippen LogP contribution in [-0.4, -0.2) is 88.7 Å². The summed E-state index contributed by atoms with van der Waals surface area (Å²) < 4.78 is 32.7. The molecule has 0 bridgehead atoms. The van der Waals surface area contributed by atoms with E-state index in [1.54, 1.807) is 12.2 Å². The van der Waals surface area contributed by atoms with Gasteiger partial charge in [0.1, 0.15) is 12.4 Å². The molecule has 1 rings (SSSR count). The van der Waals surface area contributed by atoms with Crippen molar-refractivity contribution >= 4 is 25.5 Å². The minimum atomic E-state index is -4.47. The zero-order valence-corrected chi connectivity index (χ0v) is 37.2. The van der Waals surface area contributed by atoms with E-state index in [4.69, 9.17) is 24.3 Å². The summed E-state index contributed by atoms with van der Waals surface area (Å²) in [6.07, 6.45) is 28.0. The van der Waals surface area contributed by atoms with E-state index >= 15 is 0 Å². The summed E-state index contributed by atoms with van der Waals surface area (Å²) in [6, 6.07) is 0. The predicted octanol–water partition coefficient (Wildman–Crippen LogP) is 8.50. The third kappa shape index (κ3) is 29.6. The molecule has 0 aromatic carbocycles. The van der Waals surface area contributed by atoms with Gasteiger partial charge in [0.15, 0.2) is 6.10 Å². The SMILES string of the molecule is CCCCC/C=C\C/C=C\CCCCCCCCCC(=O)O[C@H](COC(=O)CCCCC(=O)C[C@@H]1[C@@H](/C=C/[C@@H](O)CCCCC)[C@H](O)C[C@@H]1O)COP(=O)(O)OCCN. The Kier molecular flexibility index (Phi) is 32.9. The number of hydrogen-bond acceptors (Lipinski definition) is 12. The minimum absolute atomic E-state index is 0.00196. The first-order valence-electron chi connectivity index (χ1n) is 22.6. The van der Waals surface area contributed by atoms with Crippen LogP contribution in [0.5, 0.6) is 0 Å². The monoisotopic (exact) mass is 858 g/mol. The Balaban J connectivity index is 2.41. The summed E-state index contributed by atoms with van der Waals surface area (Å²) in [5.74, 6) is -2.11. The molecule has 59 heavy (non-hydrogen) atoms. The van der Waals surface area contributed by atoms with Gasteiger partial charge in [-0.2, -0.15) is 0 Å². The molecular formula is C45H80NO12P. The quantitative estimate of drug-likeness (QED) is 0.0171. The number of phosphoric ester groups is 1. The summed E-state index contributed by atoms with van der Waals surface area (Å²) in [6.45, 7) is 3.16. The van der Waals surface area contributed by atoms with E-state index in [-0.39, 0.29) is 51.0 Å². The van der Waals surface area contributed by atoms with Crippen molar-refractivity contribution in [1.29, 1.82) is 0 Å². The van der Waals surface area contributed by atoms with Crippen molar-refractivity contribution in [3.8, 4) is 0 Å². The lowest BCUT2D eigenvalue weighted by atomic mass is 9.87. The maximum absolute atomic E-state index is 12.8. The van der Waals surface area contributed by atoms with Gasteiger partial charge in [-0.1, -0.05) is 115 Å². The fourth-order valence-electron chi connectivity index (χ4n) is 7.01. The summed E-state index contributed by atoms with van der Waals surface area (Å²) in [7, 11) is -4.47. The van der Waals surface area contributed by atoms with Crippen molar-refractivity contribution in [2.45, 2.75) is 192 Å². The molecule has 0 radical (unpaired) electrons. The first-order chi connectivity index (χ1) is 28.4. The molecule has 0 saturated heterocycles. The number of Topliss-reactive ketones (excluding diaryl/α,β-unsaturated/α-hetero) is 1. The number of esters is 2. The maximum Gasteiger partial charge on any atom is 0.472 e. The smallest absolute Gasteiger partial charge is 0.462 e. The summed E-state index contributed by atoms with van der Waals surface area (Å²) >= 11 is 0. The molecule has 0 heterocycles. The van der Waals surface area contributed by atoms with Crippen LogP contribution in [0.4, 0.5) is 0 Å². The van der Waals surface area contributed by atoms with Crippen molar-refractivity contribution in [2.75, 3.05) is 26.4 Å². The molecule has 1 unspecified atom stereocenters. The maximum atomic E-state index is 12.8.